The van der Waals surface area contributed by atoms with Crippen molar-refractivity contribution in [3.05, 3.63) is 22.4 Å². The number of hydrogen-bond acceptors (Lipinski definition) is 4. The molecule has 1 saturated heterocycles. The van der Waals surface area contributed by atoms with E-state index in [1.165, 1.54) is 4.88 Å². The third-order valence-electron chi connectivity index (χ3n) is 3.16. The van der Waals surface area contributed by atoms with Crippen LogP contribution in [-0.2, 0) is 16.3 Å². The van der Waals surface area contributed by atoms with Crippen molar-refractivity contribution < 1.29 is 8.42 Å². The quantitative estimate of drug-likeness (QED) is 0.910. The lowest BCUT2D eigenvalue weighted by molar-refractivity contribution is 0.412. The standard InChI is InChI=1S/C12H19NO2S2/c1-10(9-12-3-2-6-16-12)13-11-4-7-17(14,15)8-5-11/h2-3,6,10-11,13H,4-5,7-9H2,1H3. The van der Waals surface area contributed by atoms with Gasteiger partial charge in [-0.25, -0.2) is 8.42 Å². The van der Waals surface area contributed by atoms with Gasteiger partial charge in [0, 0.05) is 17.0 Å². The second-order valence-electron chi connectivity index (χ2n) is 4.78. The van der Waals surface area contributed by atoms with Crippen LogP contribution in [0.25, 0.3) is 0 Å². The monoisotopic (exact) mass is 273 g/mol. The maximum Gasteiger partial charge on any atom is 0.150 e. The molecule has 1 aromatic rings. The molecule has 0 radical (unpaired) electrons. The first-order chi connectivity index (χ1) is 8.05. The van der Waals surface area contributed by atoms with E-state index in [1.807, 2.05) is 0 Å². The van der Waals surface area contributed by atoms with Crippen LogP contribution in [0, 0.1) is 0 Å². The highest BCUT2D eigenvalue weighted by atomic mass is 32.2. The zero-order valence-corrected chi connectivity index (χ0v) is 11.7. The van der Waals surface area contributed by atoms with Gasteiger partial charge in [0.15, 0.2) is 0 Å². The van der Waals surface area contributed by atoms with Crippen molar-refractivity contribution in [2.75, 3.05) is 11.5 Å². The van der Waals surface area contributed by atoms with E-state index < -0.39 is 9.84 Å². The van der Waals surface area contributed by atoms with Crippen LogP contribution in [0.4, 0.5) is 0 Å². The molecule has 0 bridgehead atoms. The van der Waals surface area contributed by atoms with Gasteiger partial charge in [0.1, 0.15) is 9.84 Å². The summed E-state index contributed by atoms with van der Waals surface area (Å²) in [6, 6.07) is 5.00. The summed E-state index contributed by atoms with van der Waals surface area (Å²) >= 11 is 1.78. The van der Waals surface area contributed by atoms with Crippen molar-refractivity contribution in [1.29, 1.82) is 0 Å². The zero-order chi connectivity index (χ0) is 12.3. The summed E-state index contributed by atoms with van der Waals surface area (Å²) in [5.74, 6) is 0.687. The van der Waals surface area contributed by atoms with Gasteiger partial charge >= 0.3 is 0 Å². The van der Waals surface area contributed by atoms with Crippen LogP contribution in [0.2, 0.25) is 0 Å². The van der Waals surface area contributed by atoms with Crippen LogP contribution < -0.4 is 5.32 Å². The van der Waals surface area contributed by atoms with Crippen LogP contribution >= 0.6 is 11.3 Å². The third-order valence-corrected chi connectivity index (χ3v) is 5.78. The summed E-state index contributed by atoms with van der Waals surface area (Å²) in [5.41, 5.74) is 0. The number of hydrogen-bond donors (Lipinski definition) is 1. The highest BCUT2D eigenvalue weighted by molar-refractivity contribution is 7.91. The summed E-state index contributed by atoms with van der Waals surface area (Å²) in [7, 11) is -2.74. The molecule has 5 heteroatoms. The Kier molecular flexibility index (Phi) is 4.22. The lowest BCUT2D eigenvalue weighted by Gasteiger charge is -2.26. The molecule has 3 nitrogen and oxygen atoms in total. The van der Waals surface area contributed by atoms with Gasteiger partial charge in [-0.3, -0.25) is 0 Å². The molecular weight excluding hydrogens is 254 g/mol. The second-order valence-corrected chi connectivity index (χ2v) is 8.11. The maximum absolute atomic E-state index is 11.3. The highest BCUT2D eigenvalue weighted by Crippen LogP contribution is 2.15. The SMILES string of the molecule is CC(Cc1cccs1)NC1CCS(=O)(=O)CC1. The van der Waals surface area contributed by atoms with Gasteiger partial charge in [0.2, 0.25) is 0 Å². The summed E-state index contributed by atoms with van der Waals surface area (Å²) < 4.78 is 22.6. The van der Waals surface area contributed by atoms with E-state index in [9.17, 15) is 8.42 Å². The Morgan fingerprint density at radius 1 is 1.47 bits per heavy atom. The molecule has 0 aliphatic carbocycles. The molecule has 2 rings (SSSR count). The number of thiophene rings is 1. The van der Waals surface area contributed by atoms with Crippen molar-refractivity contribution in [2.24, 2.45) is 0 Å². The third kappa shape index (κ3) is 4.08. The Morgan fingerprint density at radius 2 is 2.18 bits per heavy atom. The molecule has 1 atom stereocenters. The number of sulfone groups is 1. The van der Waals surface area contributed by atoms with Crippen LogP contribution in [0.3, 0.4) is 0 Å². The van der Waals surface area contributed by atoms with Gasteiger partial charge in [-0.05, 0) is 37.6 Å². The first-order valence-corrected chi connectivity index (χ1v) is 8.74. The molecule has 17 heavy (non-hydrogen) atoms. The first-order valence-electron chi connectivity index (χ1n) is 6.04. The smallest absolute Gasteiger partial charge is 0.150 e. The fraction of sp³-hybridized carbons (Fsp3) is 0.667. The van der Waals surface area contributed by atoms with Crippen LogP contribution in [-0.4, -0.2) is 32.0 Å². The Bertz CT molecular complexity index is 425. The Balaban J connectivity index is 1.78. The number of nitrogens with one attached hydrogen (secondary N) is 1. The van der Waals surface area contributed by atoms with E-state index in [2.05, 4.69) is 29.8 Å². The van der Waals surface area contributed by atoms with E-state index >= 15 is 0 Å². The van der Waals surface area contributed by atoms with E-state index in [1.54, 1.807) is 11.3 Å². The van der Waals surface area contributed by atoms with Crippen LogP contribution in [0.15, 0.2) is 17.5 Å². The molecule has 1 aromatic heterocycles. The molecule has 1 aliphatic heterocycles. The van der Waals surface area contributed by atoms with Gasteiger partial charge in [0.25, 0.3) is 0 Å². The second kappa shape index (κ2) is 5.50. The predicted molar refractivity (Wildman–Crippen MR) is 72.3 cm³/mol. The fourth-order valence-electron chi connectivity index (χ4n) is 2.25. The fourth-order valence-corrected chi connectivity index (χ4v) is 4.58. The average Bonchev–Trinajstić information content (AvgIpc) is 2.74. The molecule has 1 aliphatic rings. The lowest BCUT2D eigenvalue weighted by atomic mass is 10.1. The maximum atomic E-state index is 11.3. The van der Waals surface area contributed by atoms with E-state index in [-0.39, 0.29) is 0 Å². The minimum atomic E-state index is -2.74. The predicted octanol–water partition coefficient (Wildman–Crippen LogP) is 1.85. The minimum absolute atomic E-state index is 0.344. The molecule has 1 unspecified atom stereocenters. The number of rotatable bonds is 4. The van der Waals surface area contributed by atoms with Gasteiger partial charge in [-0.2, -0.15) is 0 Å². The van der Waals surface area contributed by atoms with Gasteiger partial charge in [0.05, 0.1) is 11.5 Å². The normalized spacial score (nSPS) is 22.4. The first kappa shape index (κ1) is 13.1. The molecule has 0 amide bonds. The van der Waals surface area contributed by atoms with Gasteiger partial charge in [-0.1, -0.05) is 6.07 Å². The molecule has 1 fully saturated rings. The molecule has 0 saturated carbocycles. The summed E-state index contributed by atoms with van der Waals surface area (Å²) in [5, 5.41) is 5.63. The summed E-state index contributed by atoms with van der Waals surface area (Å²) in [6.07, 6.45) is 2.55. The topological polar surface area (TPSA) is 46.2 Å². The van der Waals surface area contributed by atoms with E-state index in [0.29, 0.717) is 23.6 Å². The van der Waals surface area contributed by atoms with Crippen LogP contribution in [0.5, 0.6) is 0 Å². The van der Waals surface area contributed by atoms with Crippen molar-refractivity contribution >= 4 is 21.2 Å². The molecule has 0 spiro atoms. The minimum Gasteiger partial charge on any atom is -0.311 e. The Hall–Kier alpha value is -0.390. The molecule has 1 N–H and O–H groups in total. The average molecular weight is 273 g/mol. The molecule has 96 valence electrons. The Morgan fingerprint density at radius 3 is 2.76 bits per heavy atom. The van der Waals surface area contributed by atoms with Gasteiger partial charge < -0.3 is 5.32 Å². The molecule has 0 aromatic carbocycles. The van der Waals surface area contributed by atoms with Crippen molar-refractivity contribution in [2.45, 2.75) is 38.3 Å². The molecule has 2 heterocycles. The zero-order valence-electron chi connectivity index (χ0n) is 10.1. The highest BCUT2D eigenvalue weighted by Gasteiger charge is 2.24. The lowest BCUT2D eigenvalue weighted by Crippen LogP contribution is -2.42. The largest absolute Gasteiger partial charge is 0.311 e. The van der Waals surface area contributed by atoms with Crippen LogP contribution in [0.1, 0.15) is 24.6 Å². The summed E-state index contributed by atoms with van der Waals surface area (Å²) in [4.78, 5) is 1.38. The van der Waals surface area contributed by atoms with Crippen molar-refractivity contribution in [1.82, 2.24) is 5.32 Å². The van der Waals surface area contributed by atoms with E-state index in [0.717, 1.165) is 19.3 Å². The Labute approximate surface area is 107 Å². The van der Waals surface area contributed by atoms with Crippen molar-refractivity contribution in [3.63, 3.8) is 0 Å². The molecular formula is C12H19NO2S2. The summed E-state index contributed by atoms with van der Waals surface area (Å²) in [6.45, 7) is 2.17. The van der Waals surface area contributed by atoms with Crippen molar-refractivity contribution in [3.8, 4) is 0 Å². The van der Waals surface area contributed by atoms with E-state index in [4.69, 9.17) is 0 Å². The van der Waals surface area contributed by atoms with Gasteiger partial charge in [-0.15, -0.1) is 11.3 Å².